The number of benzene rings is 3. The largest absolute Gasteiger partial charge is 0.462 e. The summed E-state index contributed by atoms with van der Waals surface area (Å²) in [6.45, 7) is 22.2. The first kappa shape index (κ1) is 43.8. The molecule has 0 bridgehead atoms. The molecule has 0 amide bonds. The molecule has 7 nitrogen and oxygen atoms in total. The van der Waals surface area contributed by atoms with Crippen LogP contribution in [0, 0.1) is 23.7 Å². The lowest BCUT2D eigenvalue weighted by molar-refractivity contribution is -0.154. The maximum Gasteiger partial charge on any atom is 0.433 e. The second kappa shape index (κ2) is 19.8. The minimum Gasteiger partial charge on any atom is -0.462 e. The number of hydrogen-bond donors (Lipinski definition) is 1. The van der Waals surface area contributed by atoms with Gasteiger partial charge in [-0.1, -0.05) is 152 Å². The minimum absolute atomic E-state index is 0.00540. The van der Waals surface area contributed by atoms with Crippen LogP contribution in [0.4, 0.5) is 0 Å². The summed E-state index contributed by atoms with van der Waals surface area (Å²) in [5.74, 6) is -0.707. The van der Waals surface area contributed by atoms with Gasteiger partial charge >= 0.3 is 16.0 Å². The highest BCUT2D eigenvalue weighted by Gasteiger charge is 2.43. The first-order valence-corrected chi connectivity index (χ1v) is 23.4. The smallest absolute Gasteiger partial charge is 0.433 e. The number of aliphatic hydroxyl groups excluding tert-OH is 1. The van der Waals surface area contributed by atoms with Gasteiger partial charge in [0.05, 0.1) is 18.3 Å². The molecular weight excluding hydrogens is 709 g/mol. The highest BCUT2D eigenvalue weighted by Crippen LogP contribution is 2.42. The Morgan fingerprint density at radius 2 is 1.39 bits per heavy atom. The Morgan fingerprint density at radius 1 is 0.870 bits per heavy atom. The van der Waals surface area contributed by atoms with Gasteiger partial charge in [0.15, 0.2) is 8.32 Å². The Labute approximate surface area is 329 Å². The van der Waals surface area contributed by atoms with Crippen molar-refractivity contribution in [2.75, 3.05) is 13.2 Å². The molecule has 0 aromatic heterocycles. The van der Waals surface area contributed by atoms with Crippen molar-refractivity contribution in [3.05, 3.63) is 120 Å². The molecule has 8 atom stereocenters. The summed E-state index contributed by atoms with van der Waals surface area (Å²) in [7, 11) is -2.08. The van der Waals surface area contributed by atoms with E-state index in [-0.39, 0.29) is 56.9 Å². The number of carbonyl (C=O) groups excluding carboxylic acids is 1. The van der Waals surface area contributed by atoms with Gasteiger partial charge in [-0.25, -0.2) is 0 Å². The predicted octanol–water partition coefficient (Wildman–Crippen LogP) is 9.51. The standard InChI is InChI=1S/C45H64O7Si2/c1-32(43(52-54(9,10)44(6,7)8)35(4)41-29-31-49-53-51-41)26-27-40(47)34(3)42(50-36(5)46)33(2)28-30-48-45(37-20-14-11-15-21-37,38-22-16-12-17-23-38)39-24-18-13-19-25-39/h11-27,32-35,40-43,47H,28-31H2,1-10H3/b27-26+/t32-,33-,34+,35+,40-,41-,42-,43+/m1/s1. The Balaban J connectivity index is 1.54. The van der Waals surface area contributed by atoms with E-state index in [4.69, 9.17) is 22.8 Å². The highest BCUT2D eigenvalue weighted by atomic mass is 28.4. The van der Waals surface area contributed by atoms with E-state index in [1.807, 2.05) is 67.6 Å². The molecular formula is C45H64O7Si2. The molecule has 3 aromatic rings. The number of hydrogen-bond acceptors (Lipinski definition) is 7. The number of ether oxygens (including phenoxy) is 2. The SMILES string of the molecule is CC(=O)O[C@@H]([C@@H](C)[C@H](O)/C=C/[C@@H](C)[C@H](O[Si](C)(C)C(C)(C)C)[C@@H](C)[C@H]1CCO[Si]O1)[C@H](C)CCOC(c1ccccc1)(c1ccccc1)c1ccccc1. The minimum atomic E-state index is -2.13. The summed E-state index contributed by atoms with van der Waals surface area (Å²) < 4.78 is 31.7. The summed E-state index contributed by atoms with van der Waals surface area (Å²) in [5.41, 5.74) is 2.25. The second-order valence-electron chi connectivity index (χ2n) is 16.6. The van der Waals surface area contributed by atoms with Crippen molar-refractivity contribution in [2.24, 2.45) is 23.7 Å². The maximum absolute atomic E-state index is 12.5. The van der Waals surface area contributed by atoms with Crippen LogP contribution in [0.1, 0.15) is 84.9 Å². The van der Waals surface area contributed by atoms with E-state index < -0.39 is 26.1 Å². The van der Waals surface area contributed by atoms with E-state index in [1.165, 1.54) is 6.92 Å². The molecule has 2 radical (unpaired) electrons. The van der Waals surface area contributed by atoms with Gasteiger partial charge in [0.25, 0.3) is 0 Å². The van der Waals surface area contributed by atoms with Gasteiger partial charge in [0.1, 0.15) is 11.7 Å². The molecule has 294 valence electrons. The molecule has 0 spiro atoms. The maximum atomic E-state index is 12.5. The topological polar surface area (TPSA) is 83.5 Å². The van der Waals surface area contributed by atoms with Crippen LogP contribution >= 0.6 is 0 Å². The monoisotopic (exact) mass is 772 g/mol. The van der Waals surface area contributed by atoms with E-state index in [0.29, 0.717) is 19.6 Å². The van der Waals surface area contributed by atoms with Crippen molar-refractivity contribution in [1.82, 2.24) is 0 Å². The molecule has 1 aliphatic rings. The number of esters is 1. The van der Waals surface area contributed by atoms with E-state index in [0.717, 1.165) is 23.1 Å². The molecule has 1 N–H and O–H groups in total. The molecule has 9 heteroatoms. The zero-order valence-electron chi connectivity index (χ0n) is 34.2. The summed E-state index contributed by atoms with van der Waals surface area (Å²) in [6, 6.07) is 30.9. The third-order valence-electron chi connectivity index (χ3n) is 11.6. The van der Waals surface area contributed by atoms with E-state index in [1.54, 1.807) is 0 Å². The summed E-state index contributed by atoms with van der Waals surface area (Å²) in [5, 5.41) is 11.7. The van der Waals surface area contributed by atoms with E-state index in [9.17, 15) is 9.90 Å². The van der Waals surface area contributed by atoms with E-state index in [2.05, 4.69) is 97.1 Å². The van der Waals surface area contributed by atoms with Crippen molar-refractivity contribution < 1.29 is 32.7 Å². The van der Waals surface area contributed by atoms with Gasteiger partial charge in [0.2, 0.25) is 0 Å². The summed E-state index contributed by atoms with van der Waals surface area (Å²) in [6.07, 6.45) is 3.94. The number of rotatable bonds is 18. The van der Waals surface area contributed by atoms with Gasteiger partial charge in [-0.3, -0.25) is 4.79 Å². The normalized spacial score (nSPS) is 19.7. The van der Waals surface area contributed by atoms with Crippen molar-refractivity contribution >= 4 is 24.3 Å². The van der Waals surface area contributed by atoms with Crippen LogP contribution in [0.25, 0.3) is 0 Å². The first-order chi connectivity index (χ1) is 25.6. The van der Waals surface area contributed by atoms with Crippen LogP contribution in [0.3, 0.4) is 0 Å². The molecule has 1 heterocycles. The number of aliphatic hydroxyl groups is 1. The fourth-order valence-corrected chi connectivity index (χ4v) is 9.38. The molecule has 4 rings (SSSR count). The molecule has 1 fully saturated rings. The second-order valence-corrected chi connectivity index (χ2v) is 22.1. The Kier molecular flexibility index (Phi) is 16.1. The summed E-state index contributed by atoms with van der Waals surface area (Å²) >= 11 is 0. The third kappa shape index (κ3) is 11.1. The zero-order valence-corrected chi connectivity index (χ0v) is 36.2. The molecule has 3 aromatic carbocycles. The van der Waals surface area contributed by atoms with Gasteiger partial charge in [0, 0.05) is 32.0 Å². The third-order valence-corrected chi connectivity index (χ3v) is 16.8. The molecule has 0 aliphatic carbocycles. The average molecular weight is 773 g/mol. The molecule has 1 saturated heterocycles. The first-order valence-electron chi connectivity index (χ1n) is 19.6. The van der Waals surface area contributed by atoms with Crippen molar-refractivity contribution in [3.63, 3.8) is 0 Å². The Morgan fingerprint density at radius 3 is 1.83 bits per heavy atom. The Bertz CT molecular complexity index is 1480. The van der Waals surface area contributed by atoms with Crippen LogP contribution in [0.15, 0.2) is 103 Å². The zero-order chi connectivity index (χ0) is 39.5. The van der Waals surface area contributed by atoms with Gasteiger partial charge in [-0.05, 0) is 59.5 Å². The van der Waals surface area contributed by atoms with E-state index >= 15 is 0 Å². The highest BCUT2D eigenvalue weighted by molar-refractivity contribution is 6.74. The fraction of sp³-hybridized carbons (Fsp3) is 0.533. The average Bonchev–Trinajstić information content (AvgIpc) is 3.17. The molecule has 0 saturated carbocycles. The quantitative estimate of drug-likeness (QED) is 0.0597. The fourth-order valence-electron chi connectivity index (χ4n) is 7.20. The van der Waals surface area contributed by atoms with Crippen LogP contribution in [-0.4, -0.2) is 67.0 Å². The van der Waals surface area contributed by atoms with Crippen LogP contribution in [-0.2, 0) is 33.1 Å². The number of carbonyl (C=O) groups is 1. The lowest BCUT2D eigenvalue weighted by Gasteiger charge is -2.44. The van der Waals surface area contributed by atoms with Gasteiger partial charge < -0.3 is 27.9 Å². The van der Waals surface area contributed by atoms with Crippen LogP contribution in [0.2, 0.25) is 18.1 Å². The molecule has 1 aliphatic heterocycles. The lowest BCUT2D eigenvalue weighted by Crippen LogP contribution is -2.50. The molecule has 54 heavy (non-hydrogen) atoms. The molecule has 0 unspecified atom stereocenters. The Hall–Kier alpha value is -2.90. The summed E-state index contributed by atoms with van der Waals surface area (Å²) in [4.78, 5) is 12.5. The van der Waals surface area contributed by atoms with Crippen LogP contribution in [0.5, 0.6) is 0 Å². The van der Waals surface area contributed by atoms with Crippen molar-refractivity contribution in [1.29, 1.82) is 0 Å². The lowest BCUT2D eigenvalue weighted by atomic mass is 9.80. The van der Waals surface area contributed by atoms with Gasteiger partial charge in [-0.2, -0.15) is 0 Å². The predicted molar refractivity (Wildman–Crippen MR) is 220 cm³/mol. The van der Waals surface area contributed by atoms with Crippen molar-refractivity contribution in [3.8, 4) is 0 Å². The van der Waals surface area contributed by atoms with Crippen molar-refractivity contribution in [2.45, 2.75) is 116 Å². The van der Waals surface area contributed by atoms with Crippen LogP contribution < -0.4 is 0 Å². The van der Waals surface area contributed by atoms with Gasteiger partial charge in [-0.15, -0.1) is 0 Å².